The van der Waals surface area contributed by atoms with E-state index in [-0.39, 0.29) is 18.1 Å². The number of hydrogen-bond acceptors (Lipinski definition) is 3. The van der Waals surface area contributed by atoms with Gasteiger partial charge in [0.1, 0.15) is 11.8 Å². The Morgan fingerprint density at radius 2 is 2.12 bits per heavy atom. The fourth-order valence-electron chi connectivity index (χ4n) is 3.89. The van der Waals surface area contributed by atoms with E-state index >= 15 is 0 Å². The van der Waals surface area contributed by atoms with Gasteiger partial charge in [-0.05, 0) is 43.9 Å². The number of aryl methyl sites for hydroxylation is 2. The molecule has 136 valence electrons. The van der Waals surface area contributed by atoms with E-state index in [9.17, 15) is 9.90 Å². The van der Waals surface area contributed by atoms with Crippen LogP contribution in [0.15, 0.2) is 18.2 Å². The molecule has 0 aliphatic heterocycles. The molecule has 0 unspecified atom stereocenters. The molecule has 2 aromatic rings. The average Bonchev–Trinajstić information content (AvgIpc) is 2.88. The van der Waals surface area contributed by atoms with E-state index in [0.717, 1.165) is 48.6 Å². The summed E-state index contributed by atoms with van der Waals surface area (Å²) < 4.78 is 5.40. The number of hydrogen-bond donors (Lipinski definition) is 3. The number of ether oxygens (including phenoxy) is 1. The van der Waals surface area contributed by atoms with Gasteiger partial charge in [-0.2, -0.15) is 0 Å². The summed E-state index contributed by atoms with van der Waals surface area (Å²) in [5.41, 5.74) is 3.79. The van der Waals surface area contributed by atoms with Crippen LogP contribution in [0.3, 0.4) is 0 Å². The van der Waals surface area contributed by atoms with Gasteiger partial charge >= 0.3 is 0 Å². The summed E-state index contributed by atoms with van der Waals surface area (Å²) in [7, 11) is 1.62. The summed E-state index contributed by atoms with van der Waals surface area (Å²) in [5, 5.41) is 14.7. The summed E-state index contributed by atoms with van der Waals surface area (Å²) in [5.74, 6) is -0.147. The molecule has 1 fully saturated rings. The molecule has 1 aromatic heterocycles. The van der Waals surface area contributed by atoms with Crippen molar-refractivity contribution < 1.29 is 14.6 Å². The predicted octanol–water partition coefficient (Wildman–Crippen LogP) is 3.09. The molecule has 0 bridgehead atoms. The quantitative estimate of drug-likeness (QED) is 0.746. The highest BCUT2D eigenvalue weighted by molar-refractivity contribution is 6.01. The zero-order chi connectivity index (χ0) is 18.0. The number of aliphatic hydroxyl groups excluding tert-OH is 1. The lowest BCUT2D eigenvalue weighted by Crippen LogP contribution is -2.48. The van der Waals surface area contributed by atoms with E-state index in [4.69, 9.17) is 4.74 Å². The molecule has 3 N–H and O–H groups in total. The van der Waals surface area contributed by atoms with Crippen LogP contribution in [0.1, 0.15) is 54.2 Å². The van der Waals surface area contributed by atoms with E-state index in [1.165, 1.54) is 5.56 Å². The number of aromatic amines is 1. The van der Waals surface area contributed by atoms with Crippen molar-refractivity contribution in [1.29, 1.82) is 0 Å². The molecule has 1 aliphatic rings. The Morgan fingerprint density at radius 3 is 2.84 bits per heavy atom. The molecule has 5 heteroatoms. The smallest absolute Gasteiger partial charge is 0.268 e. The van der Waals surface area contributed by atoms with Gasteiger partial charge in [0.2, 0.25) is 0 Å². The first-order valence-electron chi connectivity index (χ1n) is 9.18. The molecule has 0 spiro atoms. The van der Waals surface area contributed by atoms with Crippen LogP contribution in [-0.2, 0) is 11.2 Å². The van der Waals surface area contributed by atoms with Gasteiger partial charge in [-0.1, -0.05) is 31.4 Å². The number of carbonyl (C=O) groups is 1. The van der Waals surface area contributed by atoms with Crippen LogP contribution < -0.4 is 5.32 Å². The van der Waals surface area contributed by atoms with Gasteiger partial charge < -0.3 is 20.1 Å². The number of methoxy groups -OCH3 is 1. The molecule has 1 aromatic carbocycles. The topological polar surface area (TPSA) is 74.3 Å². The Hall–Kier alpha value is -1.85. The molecular weight excluding hydrogens is 316 g/mol. The summed E-state index contributed by atoms with van der Waals surface area (Å²) in [6.07, 6.45) is 3.48. The number of fused-ring (bicyclic) bond motifs is 1. The molecule has 25 heavy (non-hydrogen) atoms. The van der Waals surface area contributed by atoms with Gasteiger partial charge in [0, 0.05) is 18.0 Å². The molecule has 3 atom stereocenters. The Balaban J connectivity index is 1.86. The highest BCUT2D eigenvalue weighted by Gasteiger charge is 2.32. The van der Waals surface area contributed by atoms with Gasteiger partial charge in [-0.15, -0.1) is 0 Å². The van der Waals surface area contributed by atoms with E-state index in [1.807, 2.05) is 12.1 Å². The van der Waals surface area contributed by atoms with Crippen LogP contribution in [0.2, 0.25) is 0 Å². The molecule has 1 amide bonds. The van der Waals surface area contributed by atoms with Crippen LogP contribution in [-0.4, -0.2) is 41.4 Å². The average molecular weight is 344 g/mol. The van der Waals surface area contributed by atoms with Crippen LogP contribution >= 0.6 is 0 Å². The van der Waals surface area contributed by atoms with Crippen molar-refractivity contribution in [1.82, 2.24) is 10.3 Å². The van der Waals surface area contributed by atoms with Gasteiger partial charge in [-0.25, -0.2) is 0 Å². The number of rotatable bonds is 4. The lowest BCUT2D eigenvalue weighted by molar-refractivity contribution is -0.0277. The zero-order valence-electron chi connectivity index (χ0n) is 15.3. The maximum absolute atomic E-state index is 12.9. The second kappa shape index (κ2) is 7.58. The van der Waals surface area contributed by atoms with Crippen molar-refractivity contribution in [2.24, 2.45) is 0 Å². The number of carbonyl (C=O) groups excluding carboxylic acids is 1. The molecular formula is C20H28N2O3. The molecule has 5 nitrogen and oxygen atoms in total. The lowest BCUT2D eigenvalue weighted by atomic mass is 10.0. The van der Waals surface area contributed by atoms with Crippen molar-refractivity contribution in [2.45, 2.75) is 64.2 Å². The van der Waals surface area contributed by atoms with Crippen molar-refractivity contribution >= 4 is 16.8 Å². The first kappa shape index (κ1) is 18.0. The van der Waals surface area contributed by atoms with E-state index in [0.29, 0.717) is 5.69 Å². The van der Waals surface area contributed by atoms with Gasteiger partial charge in [-0.3, -0.25) is 4.79 Å². The number of aromatic nitrogens is 1. The number of H-pyrrole nitrogens is 1. The third kappa shape index (κ3) is 3.58. The Kier molecular flexibility index (Phi) is 5.45. The number of aliphatic hydroxyl groups is 1. The first-order chi connectivity index (χ1) is 12.0. The highest BCUT2D eigenvalue weighted by Crippen LogP contribution is 2.25. The molecule has 1 aliphatic carbocycles. The minimum atomic E-state index is -0.673. The Morgan fingerprint density at radius 1 is 1.36 bits per heavy atom. The number of benzene rings is 1. The van der Waals surface area contributed by atoms with Gasteiger partial charge in [0.15, 0.2) is 0 Å². The standard InChI is InChI=1S/C20H28N2O3/c1-4-13-14-11-12(2)9-10-15(14)21-18(13)20(24)22-16-7-5-6-8-17(25-3)19(16)23/h9-11,16-17,19,21,23H,4-8H2,1-3H3,(H,22,24)/t16-,17-,19-/m1/s1. The molecule has 1 heterocycles. The van der Waals surface area contributed by atoms with Crippen molar-refractivity contribution in [3.8, 4) is 0 Å². The number of amides is 1. The number of nitrogens with one attached hydrogen (secondary N) is 2. The predicted molar refractivity (Wildman–Crippen MR) is 98.9 cm³/mol. The Bertz CT molecular complexity index is 753. The Labute approximate surface area is 148 Å². The summed E-state index contributed by atoms with van der Waals surface area (Å²) in [6.45, 7) is 4.11. The van der Waals surface area contributed by atoms with Crippen molar-refractivity contribution in [2.75, 3.05) is 7.11 Å². The summed E-state index contributed by atoms with van der Waals surface area (Å²) in [6, 6.07) is 5.89. The molecule has 0 saturated heterocycles. The summed E-state index contributed by atoms with van der Waals surface area (Å²) >= 11 is 0. The van der Waals surface area contributed by atoms with Crippen molar-refractivity contribution in [3.63, 3.8) is 0 Å². The van der Waals surface area contributed by atoms with E-state index in [1.54, 1.807) is 7.11 Å². The van der Waals surface area contributed by atoms with E-state index in [2.05, 4.69) is 30.2 Å². The fraction of sp³-hybridized carbons (Fsp3) is 0.550. The molecule has 0 radical (unpaired) electrons. The lowest BCUT2D eigenvalue weighted by Gasteiger charge is -2.27. The minimum Gasteiger partial charge on any atom is -0.388 e. The first-order valence-corrected chi connectivity index (χ1v) is 9.18. The SMILES string of the molecule is CCc1c(C(=O)N[C@@H]2CCCC[C@@H](OC)[C@@H]2O)[nH]c2ccc(C)cc12. The van der Waals surface area contributed by atoms with Crippen molar-refractivity contribution in [3.05, 3.63) is 35.0 Å². The fourth-order valence-corrected chi connectivity index (χ4v) is 3.89. The third-order valence-corrected chi connectivity index (χ3v) is 5.31. The monoisotopic (exact) mass is 344 g/mol. The zero-order valence-corrected chi connectivity index (χ0v) is 15.3. The van der Waals surface area contributed by atoms with Crippen LogP contribution in [0, 0.1) is 6.92 Å². The maximum Gasteiger partial charge on any atom is 0.268 e. The normalized spacial score (nSPS) is 24.2. The largest absolute Gasteiger partial charge is 0.388 e. The van der Waals surface area contributed by atoms with Crippen LogP contribution in [0.25, 0.3) is 10.9 Å². The van der Waals surface area contributed by atoms with Gasteiger partial charge in [0.25, 0.3) is 5.91 Å². The molecule has 1 saturated carbocycles. The second-order valence-corrected chi connectivity index (χ2v) is 7.01. The summed E-state index contributed by atoms with van der Waals surface area (Å²) in [4.78, 5) is 16.2. The third-order valence-electron chi connectivity index (χ3n) is 5.31. The van der Waals surface area contributed by atoms with Crippen LogP contribution in [0.4, 0.5) is 0 Å². The molecule has 3 rings (SSSR count). The highest BCUT2D eigenvalue weighted by atomic mass is 16.5. The van der Waals surface area contributed by atoms with E-state index < -0.39 is 6.10 Å². The minimum absolute atomic E-state index is 0.147. The van der Waals surface area contributed by atoms with Gasteiger partial charge in [0.05, 0.1) is 12.1 Å². The second-order valence-electron chi connectivity index (χ2n) is 7.01. The van der Waals surface area contributed by atoms with Crippen LogP contribution in [0.5, 0.6) is 0 Å². The maximum atomic E-state index is 12.9.